The second-order valence-electron chi connectivity index (χ2n) is 7.18. The highest BCUT2D eigenvalue weighted by Gasteiger charge is 2.36. The first-order chi connectivity index (χ1) is 13.6. The molecule has 1 unspecified atom stereocenters. The van der Waals surface area contributed by atoms with E-state index >= 15 is 0 Å². The average molecular weight is 373 g/mol. The average Bonchev–Trinajstić information content (AvgIpc) is 2.74. The number of carboxylic acid groups (broad SMARTS) is 1. The Morgan fingerprint density at radius 2 is 1.21 bits per heavy atom. The van der Waals surface area contributed by atoms with Gasteiger partial charge in [0.1, 0.15) is 0 Å². The van der Waals surface area contributed by atoms with Crippen LogP contribution in [0.3, 0.4) is 0 Å². The highest BCUT2D eigenvalue weighted by molar-refractivity contribution is 5.66. The highest BCUT2D eigenvalue weighted by Crippen LogP contribution is 2.37. The first kappa shape index (κ1) is 19.8. The first-order valence-electron chi connectivity index (χ1n) is 9.79. The van der Waals surface area contributed by atoms with Crippen molar-refractivity contribution in [1.29, 1.82) is 0 Å². The zero-order valence-electron chi connectivity index (χ0n) is 16.2. The molecule has 0 aliphatic rings. The molecule has 3 heteroatoms. The van der Waals surface area contributed by atoms with Crippen molar-refractivity contribution in [3.8, 4) is 0 Å². The molecule has 28 heavy (non-hydrogen) atoms. The fourth-order valence-electron chi connectivity index (χ4n) is 3.82. The number of carboxylic acids is 1. The molecule has 0 amide bonds. The van der Waals surface area contributed by atoms with Gasteiger partial charge in [0.2, 0.25) is 0 Å². The lowest BCUT2D eigenvalue weighted by Gasteiger charge is -2.39. The van der Waals surface area contributed by atoms with Crippen molar-refractivity contribution in [3.63, 3.8) is 0 Å². The van der Waals surface area contributed by atoms with E-state index in [9.17, 15) is 4.79 Å². The molecule has 0 saturated heterocycles. The third-order valence-corrected chi connectivity index (χ3v) is 5.11. The molecule has 0 aliphatic carbocycles. The quantitative estimate of drug-likeness (QED) is 0.506. The minimum absolute atomic E-state index is 0.139. The summed E-state index contributed by atoms with van der Waals surface area (Å²) in [6, 6.07) is 31.5. The summed E-state index contributed by atoms with van der Waals surface area (Å²) in [4.78, 5) is 10.9. The molecule has 3 rings (SSSR count). The van der Waals surface area contributed by atoms with E-state index in [1.54, 1.807) is 0 Å². The maximum Gasteiger partial charge on any atom is 0.303 e. The number of nitrogens with one attached hydrogen (secondary N) is 1. The minimum Gasteiger partial charge on any atom is -0.481 e. The molecule has 3 aromatic carbocycles. The summed E-state index contributed by atoms with van der Waals surface area (Å²) in [6.45, 7) is 2.13. The molecular weight excluding hydrogens is 346 g/mol. The van der Waals surface area contributed by atoms with E-state index in [1.807, 2.05) is 18.2 Å². The summed E-state index contributed by atoms with van der Waals surface area (Å²) < 4.78 is 0. The molecule has 0 spiro atoms. The van der Waals surface area contributed by atoms with Gasteiger partial charge in [0.15, 0.2) is 0 Å². The molecule has 0 bridgehead atoms. The van der Waals surface area contributed by atoms with Crippen LogP contribution in [0, 0.1) is 0 Å². The number of aliphatic carboxylic acids is 1. The van der Waals surface area contributed by atoms with Crippen molar-refractivity contribution < 1.29 is 9.90 Å². The van der Waals surface area contributed by atoms with Crippen LogP contribution in [0.1, 0.15) is 42.9 Å². The lowest BCUT2D eigenvalue weighted by Crippen LogP contribution is -2.48. The van der Waals surface area contributed by atoms with E-state index in [2.05, 4.69) is 85.0 Å². The summed E-state index contributed by atoms with van der Waals surface area (Å²) in [7, 11) is 0. The summed E-state index contributed by atoms with van der Waals surface area (Å²) >= 11 is 0. The normalized spacial score (nSPS) is 12.5. The summed E-state index contributed by atoms with van der Waals surface area (Å²) in [6.07, 6.45) is 1.64. The van der Waals surface area contributed by atoms with Crippen LogP contribution >= 0.6 is 0 Å². The van der Waals surface area contributed by atoms with Crippen LogP contribution in [0.15, 0.2) is 91.0 Å². The van der Waals surface area contributed by atoms with Gasteiger partial charge in [0.25, 0.3) is 0 Å². The van der Waals surface area contributed by atoms with E-state index in [0.717, 1.165) is 23.1 Å². The highest BCUT2D eigenvalue weighted by atomic mass is 16.4. The first-order valence-corrected chi connectivity index (χ1v) is 9.79. The Balaban J connectivity index is 2.07. The van der Waals surface area contributed by atoms with Gasteiger partial charge in [-0.2, -0.15) is 0 Å². The van der Waals surface area contributed by atoms with Crippen molar-refractivity contribution in [2.45, 2.75) is 37.8 Å². The molecule has 0 fully saturated rings. The van der Waals surface area contributed by atoms with Crippen LogP contribution < -0.4 is 5.32 Å². The molecule has 144 valence electrons. The topological polar surface area (TPSA) is 49.3 Å². The van der Waals surface area contributed by atoms with Gasteiger partial charge >= 0.3 is 5.97 Å². The van der Waals surface area contributed by atoms with Gasteiger partial charge in [-0.3, -0.25) is 10.1 Å². The lowest BCUT2D eigenvalue weighted by molar-refractivity contribution is -0.137. The third kappa shape index (κ3) is 4.49. The van der Waals surface area contributed by atoms with Crippen molar-refractivity contribution in [2.24, 2.45) is 0 Å². The molecule has 0 saturated carbocycles. The number of carbonyl (C=O) groups is 1. The molecular formula is C25H27NO2. The van der Waals surface area contributed by atoms with Gasteiger partial charge in [0, 0.05) is 12.5 Å². The van der Waals surface area contributed by atoms with Crippen LogP contribution in [0.5, 0.6) is 0 Å². The molecule has 2 N–H and O–H groups in total. The zero-order chi connectivity index (χ0) is 19.8. The summed E-state index contributed by atoms with van der Waals surface area (Å²) in [5.74, 6) is -0.743. The van der Waals surface area contributed by atoms with Gasteiger partial charge in [-0.1, -0.05) is 91.0 Å². The van der Waals surface area contributed by atoms with Crippen molar-refractivity contribution in [3.05, 3.63) is 108 Å². The second kappa shape index (κ2) is 9.34. The van der Waals surface area contributed by atoms with Gasteiger partial charge in [-0.25, -0.2) is 0 Å². The molecule has 0 heterocycles. The van der Waals surface area contributed by atoms with Crippen molar-refractivity contribution >= 4 is 5.97 Å². The number of rotatable bonds is 9. The van der Waals surface area contributed by atoms with E-state index in [-0.39, 0.29) is 12.5 Å². The van der Waals surface area contributed by atoms with Crippen LogP contribution in [-0.4, -0.2) is 17.1 Å². The van der Waals surface area contributed by atoms with E-state index in [0.29, 0.717) is 6.42 Å². The van der Waals surface area contributed by atoms with Gasteiger partial charge in [-0.15, -0.1) is 0 Å². The smallest absolute Gasteiger partial charge is 0.303 e. The molecule has 0 radical (unpaired) electrons. The maximum absolute atomic E-state index is 10.9. The Labute approximate surface area is 167 Å². The van der Waals surface area contributed by atoms with Crippen molar-refractivity contribution in [1.82, 2.24) is 5.32 Å². The zero-order valence-corrected chi connectivity index (χ0v) is 16.2. The Kier molecular flexibility index (Phi) is 6.62. The van der Waals surface area contributed by atoms with Crippen LogP contribution in [0.4, 0.5) is 0 Å². The minimum atomic E-state index is -0.743. The van der Waals surface area contributed by atoms with E-state index < -0.39 is 11.5 Å². The van der Waals surface area contributed by atoms with E-state index in [1.165, 1.54) is 0 Å². The number of hydrogen-bond donors (Lipinski definition) is 2. The Morgan fingerprint density at radius 3 is 1.57 bits per heavy atom. The molecule has 3 nitrogen and oxygen atoms in total. The molecule has 0 aromatic heterocycles. The standard InChI is InChI=1S/C25H27NO2/c1-20(12-11-19-24(27)28)26-25(21-13-5-2-6-14-21,22-15-7-3-8-16-22)23-17-9-4-10-18-23/h2-10,13-18,20,26H,11-12,19H2,1H3,(H,27,28). The largest absolute Gasteiger partial charge is 0.481 e. The fraction of sp³-hybridized carbons (Fsp3) is 0.240. The van der Waals surface area contributed by atoms with Crippen LogP contribution in [-0.2, 0) is 10.3 Å². The lowest BCUT2D eigenvalue weighted by atomic mass is 9.76. The monoisotopic (exact) mass is 373 g/mol. The van der Waals surface area contributed by atoms with Gasteiger partial charge < -0.3 is 5.11 Å². The second-order valence-corrected chi connectivity index (χ2v) is 7.18. The van der Waals surface area contributed by atoms with Crippen molar-refractivity contribution in [2.75, 3.05) is 0 Å². The molecule has 3 aromatic rings. The predicted octanol–water partition coefficient (Wildman–Crippen LogP) is 5.21. The Morgan fingerprint density at radius 1 is 0.821 bits per heavy atom. The van der Waals surface area contributed by atoms with E-state index in [4.69, 9.17) is 5.11 Å². The van der Waals surface area contributed by atoms with Gasteiger partial charge in [0.05, 0.1) is 5.54 Å². The van der Waals surface area contributed by atoms with Crippen LogP contribution in [0.25, 0.3) is 0 Å². The molecule has 1 atom stereocenters. The Hall–Kier alpha value is -2.91. The molecule has 0 aliphatic heterocycles. The number of benzene rings is 3. The fourth-order valence-corrected chi connectivity index (χ4v) is 3.82. The summed E-state index contributed by atoms with van der Waals surface area (Å²) in [5, 5.41) is 12.8. The summed E-state index contributed by atoms with van der Waals surface area (Å²) in [5.41, 5.74) is 2.99. The number of hydrogen-bond acceptors (Lipinski definition) is 2. The predicted molar refractivity (Wildman–Crippen MR) is 113 cm³/mol. The Bertz CT molecular complexity index is 766. The SMILES string of the molecule is CC(CCCC(=O)O)NC(c1ccccc1)(c1ccccc1)c1ccccc1. The van der Waals surface area contributed by atoms with Gasteiger partial charge in [-0.05, 0) is 36.5 Å². The maximum atomic E-state index is 10.9. The third-order valence-electron chi connectivity index (χ3n) is 5.11. The van der Waals surface area contributed by atoms with Crippen LogP contribution in [0.2, 0.25) is 0 Å².